The van der Waals surface area contributed by atoms with E-state index in [4.69, 9.17) is 9.47 Å². The Labute approximate surface area is 141 Å². The molecule has 0 bridgehead atoms. The van der Waals surface area contributed by atoms with Crippen LogP contribution in [0.3, 0.4) is 0 Å². The predicted molar refractivity (Wildman–Crippen MR) is 92.1 cm³/mol. The maximum absolute atomic E-state index is 13.2. The molecule has 0 saturated carbocycles. The van der Waals surface area contributed by atoms with Gasteiger partial charge in [-0.05, 0) is 50.1 Å². The molecule has 2 rings (SSSR count). The molecule has 2 aromatic carbocycles. The molecule has 0 spiro atoms. The smallest absolute Gasteiger partial charge is 0.224 e. The van der Waals surface area contributed by atoms with E-state index in [0.29, 0.717) is 36.8 Å². The number of carbonyl (C=O) groups is 1. The summed E-state index contributed by atoms with van der Waals surface area (Å²) in [4.78, 5) is 12.2. The van der Waals surface area contributed by atoms with Gasteiger partial charge in [-0.1, -0.05) is 12.1 Å². The van der Waals surface area contributed by atoms with Crippen molar-refractivity contribution in [2.75, 3.05) is 18.5 Å². The molecule has 0 aliphatic heterocycles. The molecule has 0 atom stereocenters. The molecule has 0 heterocycles. The minimum atomic E-state index is -0.295. The average molecular weight is 331 g/mol. The number of carbonyl (C=O) groups excluding carboxylic acids is 1. The van der Waals surface area contributed by atoms with Crippen LogP contribution in [0.1, 0.15) is 25.8 Å². The molecule has 0 aromatic heterocycles. The minimum Gasteiger partial charge on any atom is -0.494 e. The first-order valence-corrected chi connectivity index (χ1v) is 8.06. The van der Waals surface area contributed by atoms with E-state index in [0.717, 1.165) is 5.56 Å². The Hall–Kier alpha value is -2.56. The topological polar surface area (TPSA) is 47.6 Å². The van der Waals surface area contributed by atoms with Gasteiger partial charge in [0.05, 0.1) is 18.9 Å². The predicted octanol–water partition coefficient (Wildman–Crippen LogP) is 4.19. The molecule has 0 aliphatic carbocycles. The fourth-order valence-electron chi connectivity index (χ4n) is 2.31. The lowest BCUT2D eigenvalue weighted by Crippen LogP contribution is -2.13. The first kappa shape index (κ1) is 17.8. The SMILES string of the molecule is CCOc1ccc(OCC)c(NC(=O)CCc2cccc(F)c2)c1. The summed E-state index contributed by atoms with van der Waals surface area (Å²) in [7, 11) is 0. The van der Waals surface area contributed by atoms with Crippen LogP contribution >= 0.6 is 0 Å². The summed E-state index contributed by atoms with van der Waals surface area (Å²) in [6, 6.07) is 11.6. The van der Waals surface area contributed by atoms with Gasteiger partial charge >= 0.3 is 0 Å². The molecule has 1 N–H and O–H groups in total. The molecule has 0 aliphatic rings. The Morgan fingerprint density at radius 3 is 2.58 bits per heavy atom. The van der Waals surface area contributed by atoms with Gasteiger partial charge in [-0.15, -0.1) is 0 Å². The van der Waals surface area contributed by atoms with E-state index in [1.807, 2.05) is 13.8 Å². The Morgan fingerprint density at radius 1 is 1.08 bits per heavy atom. The van der Waals surface area contributed by atoms with E-state index in [9.17, 15) is 9.18 Å². The monoisotopic (exact) mass is 331 g/mol. The van der Waals surface area contributed by atoms with Crippen LogP contribution in [0, 0.1) is 5.82 Å². The van der Waals surface area contributed by atoms with Gasteiger partial charge in [0.2, 0.25) is 5.91 Å². The Kier molecular flexibility index (Phi) is 6.61. The summed E-state index contributed by atoms with van der Waals surface area (Å²) in [5.41, 5.74) is 1.37. The van der Waals surface area contributed by atoms with Gasteiger partial charge in [0, 0.05) is 12.5 Å². The molecule has 24 heavy (non-hydrogen) atoms. The van der Waals surface area contributed by atoms with Crippen LogP contribution in [-0.4, -0.2) is 19.1 Å². The van der Waals surface area contributed by atoms with Crippen LogP contribution in [0.5, 0.6) is 11.5 Å². The lowest BCUT2D eigenvalue weighted by Gasteiger charge is -2.13. The molecule has 0 radical (unpaired) electrons. The summed E-state index contributed by atoms with van der Waals surface area (Å²) < 4.78 is 24.1. The van der Waals surface area contributed by atoms with Crippen LogP contribution in [0.15, 0.2) is 42.5 Å². The lowest BCUT2D eigenvalue weighted by molar-refractivity contribution is -0.116. The molecule has 0 unspecified atom stereocenters. The highest BCUT2D eigenvalue weighted by atomic mass is 19.1. The highest BCUT2D eigenvalue weighted by molar-refractivity contribution is 5.92. The van der Waals surface area contributed by atoms with E-state index in [1.54, 1.807) is 30.3 Å². The van der Waals surface area contributed by atoms with E-state index >= 15 is 0 Å². The zero-order valence-corrected chi connectivity index (χ0v) is 14.0. The number of anilines is 1. The molecule has 128 valence electrons. The highest BCUT2D eigenvalue weighted by Gasteiger charge is 2.10. The van der Waals surface area contributed by atoms with Crippen molar-refractivity contribution in [2.45, 2.75) is 26.7 Å². The number of hydrogen-bond acceptors (Lipinski definition) is 3. The van der Waals surface area contributed by atoms with Crippen molar-refractivity contribution in [2.24, 2.45) is 0 Å². The van der Waals surface area contributed by atoms with Crippen LogP contribution in [0.2, 0.25) is 0 Å². The summed E-state index contributed by atoms with van der Waals surface area (Å²) in [6.45, 7) is 4.82. The fraction of sp³-hybridized carbons (Fsp3) is 0.316. The molecule has 5 heteroatoms. The number of aryl methyl sites for hydroxylation is 1. The van der Waals surface area contributed by atoms with Crippen molar-refractivity contribution in [3.63, 3.8) is 0 Å². The summed E-state index contributed by atoms with van der Waals surface area (Å²) >= 11 is 0. The summed E-state index contributed by atoms with van der Waals surface area (Å²) in [6.07, 6.45) is 0.729. The van der Waals surface area contributed by atoms with Crippen LogP contribution in [0.25, 0.3) is 0 Å². The second-order valence-corrected chi connectivity index (χ2v) is 5.20. The number of nitrogens with one attached hydrogen (secondary N) is 1. The maximum Gasteiger partial charge on any atom is 0.224 e. The van der Waals surface area contributed by atoms with Gasteiger partial charge in [-0.2, -0.15) is 0 Å². The molecule has 0 saturated heterocycles. The summed E-state index contributed by atoms with van der Waals surface area (Å²) in [5, 5.41) is 2.84. The number of ether oxygens (including phenoxy) is 2. The number of rotatable bonds is 8. The molecule has 2 aromatic rings. The Bertz CT molecular complexity index is 688. The quantitative estimate of drug-likeness (QED) is 0.789. The normalized spacial score (nSPS) is 10.3. The van der Waals surface area contributed by atoms with Crippen LogP contribution in [0.4, 0.5) is 10.1 Å². The van der Waals surface area contributed by atoms with Crippen LogP contribution < -0.4 is 14.8 Å². The van der Waals surface area contributed by atoms with Gasteiger partial charge in [0.25, 0.3) is 0 Å². The maximum atomic E-state index is 13.2. The second-order valence-electron chi connectivity index (χ2n) is 5.20. The minimum absolute atomic E-state index is 0.158. The largest absolute Gasteiger partial charge is 0.494 e. The van der Waals surface area contributed by atoms with Crippen molar-refractivity contribution in [3.05, 3.63) is 53.8 Å². The molecule has 1 amide bonds. The second kappa shape index (κ2) is 8.91. The fourth-order valence-corrected chi connectivity index (χ4v) is 2.31. The zero-order valence-electron chi connectivity index (χ0n) is 14.0. The first-order valence-electron chi connectivity index (χ1n) is 8.06. The van der Waals surface area contributed by atoms with E-state index in [1.165, 1.54) is 12.1 Å². The third kappa shape index (κ3) is 5.26. The number of halogens is 1. The number of hydrogen-bond donors (Lipinski definition) is 1. The van der Waals surface area contributed by atoms with Crippen molar-refractivity contribution in [1.82, 2.24) is 0 Å². The van der Waals surface area contributed by atoms with Gasteiger partial charge < -0.3 is 14.8 Å². The summed E-state index contributed by atoms with van der Waals surface area (Å²) in [5.74, 6) is 0.811. The average Bonchev–Trinajstić information content (AvgIpc) is 2.56. The molecular formula is C19H22FNO3. The Balaban J connectivity index is 2.02. The molecular weight excluding hydrogens is 309 g/mol. The van der Waals surface area contributed by atoms with Crippen molar-refractivity contribution >= 4 is 11.6 Å². The Morgan fingerprint density at radius 2 is 1.88 bits per heavy atom. The highest BCUT2D eigenvalue weighted by Crippen LogP contribution is 2.29. The van der Waals surface area contributed by atoms with Crippen molar-refractivity contribution < 1.29 is 18.7 Å². The lowest BCUT2D eigenvalue weighted by atomic mass is 10.1. The third-order valence-corrected chi connectivity index (χ3v) is 3.37. The van der Waals surface area contributed by atoms with Crippen molar-refractivity contribution in [3.8, 4) is 11.5 Å². The van der Waals surface area contributed by atoms with E-state index in [-0.39, 0.29) is 18.1 Å². The van der Waals surface area contributed by atoms with Crippen molar-refractivity contribution in [1.29, 1.82) is 0 Å². The van der Waals surface area contributed by atoms with E-state index in [2.05, 4.69) is 5.32 Å². The van der Waals surface area contributed by atoms with Gasteiger partial charge in [0.1, 0.15) is 17.3 Å². The molecule has 0 fully saturated rings. The molecule has 4 nitrogen and oxygen atoms in total. The van der Waals surface area contributed by atoms with Crippen LogP contribution in [-0.2, 0) is 11.2 Å². The number of amides is 1. The standard InChI is InChI=1S/C19H22FNO3/c1-3-23-16-9-10-18(24-4-2)17(13-16)21-19(22)11-8-14-6-5-7-15(20)12-14/h5-7,9-10,12-13H,3-4,8,11H2,1-2H3,(H,21,22). The van der Waals surface area contributed by atoms with E-state index < -0.39 is 0 Å². The number of benzene rings is 2. The van der Waals surface area contributed by atoms with Gasteiger partial charge in [-0.3, -0.25) is 4.79 Å². The zero-order chi connectivity index (χ0) is 17.4. The van der Waals surface area contributed by atoms with Gasteiger partial charge in [-0.25, -0.2) is 4.39 Å². The first-order chi connectivity index (χ1) is 11.6. The third-order valence-electron chi connectivity index (χ3n) is 3.37. The van der Waals surface area contributed by atoms with Gasteiger partial charge in [0.15, 0.2) is 0 Å².